The van der Waals surface area contributed by atoms with Gasteiger partial charge in [-0.3, -0.25) is 28.3 Å². The van der Waals surface area contributed by atoms with Crippen molar-refractivity contribution in [3.05, 3.63) is 142 Å². The summed E-state index contributed by atoms with van der Waals surface area (Å²) >= 11 is 0. The van der Waals surface area contributed by atoms with E-state index in [0.29, 0.717) is 77.3 Å². The van der Waals surface area contributed by atoms with Crippen LogP contribution >= 0.6 is 0 Å². The number of imidazole rings is 2. The maximum atomic E-state index is 12.1. The summed E-state index contributed by atoms with van der Waals surface area (Å²) in [5.41, 5.74) is 9.63. The van der Waals surface area contributed by atoms with Crippen LogP contribution in [0, 0.1) is 0 Å². The van der Waals surface area contributed by atoms with Crippen molar-refractivity contribution >= 4 is 110 Å². The third-order valence-corrected chi connectivity index (χ3v) is 24.2. The van der Waals surface area contributed by atoms with Crippen LogP contribution in [0.1, 0.15) is 90.1 Å². The second-order valence-corrected chi connectivity index (χ2v) is 32.8. The van der Waals surface area contributed by atoms with E-state index in [2.05, 4.69) is 58.8 Å². The average molecular weight is 1430 g/mol. The predicted octanol–water partition coefficient (Wildman–Crippen LogP) is 6.11. The lowest BCUT2D eigenvalue weighted by molar-refractivity contribution is -0.130. The van der Waals surface area contributed by atoms with Gasteiger partial charge in [0.25, 0.3) is 0 Å². The molecule has 100 heavy (non-hydrogen) atoms. The number of piperidine rings is 5. The van der Waals surface area contributed by atoms with E-state index in [9.17, 15) is 54.0 Å². The second-order valence-electron chi connectivity index (χ2n) is 26.8. The lowest BCUT2D eigenvalue weighted by Gasteiger charge is -2.42. The molecule has 5 aromatic carbocycles. The molecule has 5 fully saturated rings. The summed E-state index contributed by atoms with van der Waals surface area (Å²) in [5.74, 6) is 0.280. The number of carbonyl (C=O) groups excluding carboxylic acids is 4. The Morgan fingerprint density at radius 3 is 1.04 bits per heavy atom. The number of nitrogens with zero attached hydrogens (tertiary/aromatic N) is 10. The van der Waals surface area contributed by atoms with E-state index in [1.54, 1.807) is 22.7 Å². The van der Waals surface area contributed by atoms with Crippen LogP contribution in [0.25, 0.3) is 22.1 Å². The molecule has 5 N–H and O–H groups in total. The fourth-order valence-electron chi connectivity index (χ4n) is 15.1. The number of para-hydroxylation sites is 10. The Hall–Kier alpha value is -8.55. The highest BCUT2D eigenvalue weighted by Crippen LogP contribution is 2.37. The minimum Gasteiger partial charge on any atom is -0.382 e. The van der Waals surface area contributed by atoms with Crippen molar-refractivity contribution in [2.24, 2.45) is 0 Å². The van der Waals surface area contributed by atoms with E-state index in [4.69, 9.17) is 0 Å². The number of hydrogen-bond acceptors (Lipinski definition) is 16. The summed E-state index contributed by atoms with van der Waals surface area (Å²) in [4.78, 5) is 86.7. The van der Waals surface area contributed by atoms with Gasteiger partial charge in [-0.2, -0.15) is 0 Å². The molecule has 8 aliphatic rings. The number of amides is 4. The highest BCUT2D eigenvalue weighted by Gasteiger charge is 2.36. The number of fused-ring (bicyclic) bond motifs is 5. The average Bonchev–Trinajstić information content (AvgIpc) is 1.33. The van der Waals surface area contributed by atoms with Crippen molar-refractivity contribution in [2.45, 2.75) is 108 Å². The first kappa shape index (κ1) is 72.7. The van der Waals surface area contributed by atoms with Gasteiger partial charge < -0.3 is 50.4 Å². The van der Waals surface area contributed by atoms with Crippen LogP contribution < -0.4 is 42.0 Å². The van der Waals surface area contributed by atoms with Crippen LogP contribution in [-0.4, -0.2) is 219 Å². The topological polar surface area (TPSA) is 308 Å². The molecule has 2 aromatic heterocycles. The second kappa shape index (κ2) is 31.6. The van der Waals surface area contributed by atoms with Crippen molar-refractivity contribution in [3.8, 4) is 0 Å². The molecule has 0 radical (unpaired) electrons. The number of H-pyrrole nitrogens is 2. The van der Waals surface area contributed by atoms with Gasteiger partial charge in [0.15, 0.2) is 0 Å². The summed E-state index contributed by atoms with van der Waals surface area (Å²) in [6.07, 6.45) is 11.9. The molecule has 10 heterocycles. The molecule has 0 spiro atoms. The first-order chi connectivity index (χ1) is 47.8. The number of aromatic amines is 2. The number of nitrogens with one attached hydrogen (secondary N) is 5. The summed E-state index contributed by atoms with van der Waals surface area (Å²) in [6, 6.07) is 40.5. The number of benzene rings is 5. The zero-order chi connectivity index (χ0) is 71.0. The number of carbonyl (C=O) groups is 4. The first-order valence-corrected chi connectivity index (χ1v) is 40.0. The Kier molecular flexibility index (Phi) is 22.9. The fraction of sp³-hybridized carbons (Fsp3) is 0.486. The number of anilines is 6. The van der Waals surface area contributed by atoms with Crippen molar-refractivity contribution in [3.63, 3.8) is 0 Å². The number of aromatic nitrogens is 4. The van der Waals surface area contributed by atoms with Gasteiger partial charge in [-0.15, -0.1) is 0 Å². The minimum atomic E-state index is -3.13. The molecule has 0 unspecified atom stereocenters. The molecule has 0 bridgehead atoms. The van der Waals surface area contributed by atoms with Crippen LogP contribution in [0.3, 0.4) is 0 Å². The van der Waals surface area contributed by atoms with E-state index >= 15 is 0 Å². The quantitative estimate of drug-likeness (QED) is 0.115. The van der Waals surface area contributed by atoms with Crippen LogP contribution in [0.2, 0.25) is 0 Å². The molecular weight excluding hydrogens is 1340 g/mol. The Morgan fingerprint density at radius 1 is 0.370 bits per heavy atom. The standard InChI is InChI=1S/C15H19N3O2.C14H19N3O3S.C14H21N3O2S.C14H17N3O2.C13H17N3O3S/c1-11(19)17-8-6-12(7-9-17)18-10-15(20)16-13-4-2-3-5-14(13)18;1-21(19,20)16-8-6-11(7-9-16)17-10-14(18)15-12-4-2-3-5-13(12)17;1-20(18,19)16-9-6-12(7-10-16)17-11-8-15-13-4-2-3-5-14(13)17;1-10(18)16-8-6-11(7-9-16)17-13-5-3-2-4-12(13)15-14(17)19;1-20(18,19)15-8-6-10(7-9-15)16-12-5-3-2-4-11(12)14-13(16)17/h2-5,12H,6-10H2,1H3,(H,16,20);2-5,11H,6-10H2,1H3,(H,15,18);2-5,12,15H,6-11H2,1H3;2-5,11H,6-9H2,1H3,(H,15,19);2-5,10H,6-9H2,1H3,(H,14,17). The smallest absolute Gasteiger partial charge is 0.326 e. The SMILES string of the molecule is CC(=O)N1CCC(N2CC(=O)Nc3ccccc32)CC1.CC(=O)N1CCC(n2c(=O)[nH]c3ccccc32)CC1.CS(=O)(=O)N1CCC(N2CC(=O)Nc3ccccc32)CC1.CS(=O)(=O)N1CCC(N2CCNc3ccccc32)CC1.CS(=O)(=O)N1CCC(n2c(=O)[nH]c3ccccc32)CC1. The van der Waals surface area contributed by atoms with Gasteiger partial charge in [0.2, 0.25) is 53.7 Å². The molecule has 5 saturated heterocycles. The van der Waals surface area contributed by atoms with Gasteiger partial charge in [-0.25, -0.2) is 47.8 Å². The molecule has 538 valence electrons. The van der Waals surface area contributed by atoms with Crippen molar-refractivity contribution in [1.29, 1.82) is 0 Å². The zero-order valence-corrected chi connectivity index (χ0v) is 59.9. The van der Waals surface area contributed by atoms with Crippen LogP contribution in [0.15, 0.2) is 131 Å². The first-order valence-electron chi connectivity index (χ1n) is 34.4. The Bertz CT molecular complexity index is 4540. The third kappa shape index (κ3) is 17.4. The van der Waals surface area contributed by atoms with Crippen LogP contribution in [0.5, 0.6) is 0 Å². The van der Waals surface area contributed by atoms with E-state index in [1.165, 1.54) is 38.8 Å². The van der Waals surface area contributed by atoms with E-state index in [0.717, 1.165) is 135 Å². The van der Waals surface area contributed by atoms with Crippen LogP contribution in [0.4, 0.5) is 34.1 Å². The Balaban J connectivity index is 0.000000126. The summed E-state index contributed by atoms with van der Waals surface area (Å²) in [6.45, 7) is 12.1. The highest BCUT2D eigenvalue weighted by atomic mass is 32.2. The number of rotatable bonds is 8. The highest BCUT2D eigenvalue weighted by molar-refractivity contribution is 7.88. The molecule has 0 saturated carbocycles. The largest absolute Gasteiger partial charge is 0.382 e. The molecule has 0 aliphatic carbocycles. The molecule has 4 amide bonds. The Morgan fingerprint density at radius 2 is 0.670 bits per heavy atom. The van der Waals surface area contributed by atoms with Gasteiger partial charge in [0.1, 0.15) is 0 Å². The predicted molar refractivity (Wildman–Crippen MR) is 392 cm³/mol. The van der Waals surface area contributed by atoms with Gasteiger partial charge in [0, 0.05) is 123 Å². The van der Waals surface area contributed by atoms with Crippen molar-refractivity contribution in [2.75, 3.05) is 141 Å². The normalized spacial score (nSPS) is 19.6. The number of hydrogen-bond donors (Lipinski definition) is 5. The van der Waals surface area contributed by atoms with E-state index < -0.39 is 30.1 Å². The van der Waals surface area contributed by atoms with E-state index in [-0.39, 0.29) is 53.1 Å². The van der Waals surface area contributed by atoms with Gasteiger partial charge in [-0.05, 0) is 125 Å². The minimum absolute atomic E-state index is 0.0146. The van der Waals surface area contributed by atoms with Gasteiger partial charge >= 0.3 is 11.4 Å². The van der Waals surface area contributed by atoms with Crippen molar-refractivity contribution in [1.82, 2.24) is 41.8 Å². The maximum Gasteiger partial charge on any atom is 0.326 e. The summed E-state index contributed by atoms with van der Waals surface area (Å²) < 4.78 is 77.5. The molecule has 8 aliphatic heterocycles. The lowest BCUT2D eigenvalue weighted by Crippen LogP contribution is -2.50. The number of likely N-dealkylation sites (tertiary alicyclic amines) is 2. The number of sulfonamides is 3. The zero-order valence-electron chi connectivity index (χ0n) is 57.5. The third-order valence-electron chi connectivity index (χ3n) is 20.3. The summed E-state index contributed by atoms with van der Waals surface area (Å²) in [7, 11) is -9.29. The summed E-state index contributed by atoms with van der Waals surface area (Å²) in [5, 5.41) is 9.20. The van der Waals surface area contributed by atoms with Crippen molar-refractivity contribution < 1.29 is 44.4 Å². The lowest BCUT2D eigenvalue weighted by atomic mass is 10.0. The van der Waals surface area contributed by atoms with Crippen LogP contribution in [-0.2, 0) is 49.2 Å². The molecule has 7 aromatic rings. The fourth-order valence-corrected chi connectivity index (χ4v) is 17.7. The monoisotopic (exact) mass is 1430 g/mol. The molecule has 27 nitrogen and oxygen atoms in total. The maximum absolute atomic E-state index is 12.1. The Labute approximate surface area is 584 Å². The molecule has 15 rings (SSSR count). The molecule has 0 atom stereocenters. The van der Waals surface area contributed by atoms with E-state index in [1.807, 2.05) is 117 Å². The van der Waals surface area contributed by atoms with Gasteiger partial charge in [0.05, 0.1) is 88.0 Å². The molecular formula is C70H93N15O12S3. The van der Waals surface area contributed by atoms with Gasteiger partial charge in [-0.1, -0.05) is 60.7 Å². The molecule has 30 heteroatoms.